The van der Waals surface area contributed by atoms with Crippen LogP contribution in [0.5, 0.6) is 0 Å². The molecule has 0 fully saturated rings. The summed E-state index contributed by atoms with van der Waals surface area (Å²) in [5.74, 6) is 0. The van der Waals surface area contributed by atoms with E-state index in [-0.39, 0.29) is 5.41 Å². The number of aromatic nitrogens is 1. The molecule has 0 bridgehead atoms. The molecular weight excluding hydrogens is 1010 g/mol. The Kier molecular flexibility index (Phi) is 10.7. The van der Waals surface area contributed by atoms with Crippen LogP contribution < -0.4 is 9.80 Å². The van der Waals surface area contributed by atoms with Crippen molar-refractivity contribution < 1.29 is 0 Å². The summed E-state index contributed by atoms with van der Waals surface area (Å²) in [5, 5.41) is 17.0. The predicted octanol–water partition coefficient (Wildman–Crippen LogP) is 22.6. The van der Waals surface area contributed by atoms with Gasteiger partial charge in [0.1, 0.15) is 0 Å². The van der Waals surface area contributed by atoms with Crippen LogP contribution >= 0.6 is 0 Å². The normalized spacial score (nSPS) is 12.7. The number of nitrogens with zero attached hydrogens (tertiary/aromatic N) is 3. The molecule has 16 aromatic rings. The Morgan fingerprint density at radius 3 is 1.14 bits per heavy atom. The van der Waals surface area contributed by atoms with Crippen LogP contribution in [0.15, 0.2) is 297 Å². The molecule has 15 aromatic carbocycles. The fraction of sp³-hybridized carbons (Fsp3) is 0.0370. The second kappa shape index (κ2) is 18.7. The molecule has 0 amide bonds. The first kappa shape index (κ1) is 48.0. The summed E-state index contributed by atoms with van der Waals surface area (Å²) < 4.78 is 2.55. The second-order valence-electron chi connectivity index (χ2n) is 23.3. The summed E-state index contributed by atoms with van der Waals surface area (Å²) in [6.07, 6.45) is 0. The van der Waals surface area contributed by atoms with E-state index in [2.05, 4.69) is 325 Å². The van der Waals surface area contributed by atoms with Gasteiger partial charge >= 0.3 is 0 Å². The molecule has 1 aliphatic heterocycles. The summed E-state index contributed by atoms with van der Waals surface area (Å²) >= 11 is 0. The van der Waals surface area contributed by atoms with Crippen LogP contribution in [0.1, 0.15) is 25.0 Å². The van der Waals surface area contributed by atoms with Crippen molar-refractivity contribution in [2.75, 3.05) is 9.80 Å². The van der Waals surface area contributed by atoms with E-state index in [1.165, 1.54) is 126 Å². The minimum Gasteiger partial charge on any atom is -0.310 e. The summed E-state index contributed by atoms with van der Waals surface area (Å²) in [5.41, 5.74) is 17.6. The van der Waals surface area contributed by atoms with E-state index in [1.807, 2.05) is 0 Å². The van der Waals surface area contributed by atoms with Crippen molar-refractivity contribution in [1.29, 1.82) is 0 Å². The van der Waals surface area contributed by atoms with Crippen molar-refractivity contribution in [1.82, 2.24) is 4.57 Å². The number of anilines is 6. The summed E-state index contributed by atoms with van der Waals surface area (Å²) in [6, 6.07) is 111. The van der Waals surface area contributed by atoms with Crippen molar-refractivity contribution >= 4 is 121 Å². The molecule has 2 heterocycles. The van der Waals surface area contributed by atoms with E-state index in [1.54, 1.807) is 0 Å². The fourth-order valence-electron chi connectivity index (χ4n) is 14.1. The summed E-state index contributed by atoms with van der Waals surface area (Å²) in [4.78, 5) is 4.90. The molecule has 84 heavy (non-hydrogen) atoms. The Labute approximate surface area is 487 Å². The highest BCUT2D eigenvalue weighted by atomic mass is 15.1. The standard InChI is InChI=1S/C81H55N3/c1-81(2)74-29-15-16-30-79(74)84-78-42-35-60(66-40-43-76(70-27-13-11-25-68(66)70)82(62-36-31-52-17-3-7-21-56(52)45-62)63-37-32-53-18-4-8-22-57(53)46-63)49-72(78)73-50-61(51-75(81)80(73)84)67-41-44-77(71-28-14-12-26-69(67)71)83(64-38-33-54-19-5-9-23-58(54)47-64)65-39-34-55-20-6-10-24-59(55)48-65/h3-51H,1-2H3. The van der Waals surface area contributed by atoms with Crippen molar-refractivity contribution in [3.8, 4) is 27.9 Å². The molecule has 0 spiro atoms. The first-order valence-electron chi connectivity index (χ1n) is 29.2. The van der Waals surface area contributed by atoms with Crippen LogP contribution in [0, 0.1) is 0 Å². The molecule has 17 rings (SSSR count). The van der Waals surface area contributed by atoms with Gasteiger partial charge in [0.2, 0.25) is 0 Å². The first-order valence-corrected chi connectivity index (χ1v) is 29.2. The highest BCUT2D eigenvalue weighted by Crippen LogP contribution is 2.52. The maximum Gasteiger partial charge on any atom is 0.0582 e. The van der Waals surface area contributed by atoms with Gasteiger partial charge in [-0.05, 0) is 178 Å². The Morgan fingerprint density at radius 2 is 0.667 bits per heavy atom. The number of hydrogen-bond acceptors (Lipinski definition) is 2. The minimum atomic E-state index is -0.287. The van der Waals surface area contributed by atoms with E-state index in [0.717, 1.165) is 34.1 Å². The lowest BCUT2D eigenvalue weighted by Crippen LogP contribution is -2.26. The molecule has 0 aliphatic carbocycles. The molecule has 1 aromatic heterocycles. The third kappa shape index (κ3) is 7.45. The number of rotatable bonds is 8. The maximum atomic E-state index is 2.55. The lowest BCUT2D eigenvalue weighted by Gasteiger charge is -2.35. The highest BCUT2D eigenvalue weighted by molar-refractivity contribution is 6.17. The molecule has 0 saturated heterocycles. The largest absolute Gasteiger partial charge is 0.310 e. The van der Waals surface area contributed by atoms with E-state index in [4.69, 9.17) is 0 Å². The van der Waals surface area contributed by atoms with Crippen molar-refractivity contribution in [2.24, 2.45) is 0 Å². The number of fused-ring (bicyclic) bond motifs is 11. The first-order chi connectivity index (χ1) is 41.4. The Bertz CT molecular complexity index is 5230. The van der Waals surface area contributed by atoms with Gasteiger partial charge < -0.3 is 14.4 Å². The van der Waals surface area contributed by atoms with Crippen molar-refractivity contribution in [3.05, 3.63) is 308 Å². The average molecular weight is 1070 g/mol. The smallest absolute Gasteiger partial charge is 0.0582 e. The third-order valence-corrected chi connectivity index (χ3v) is 18.2. The minimum absolute atomic E-state index is 0.287. The molecule has 0 radical (unpaired) electrons. The zero-order valence-electron chi connectivity index (χ0n) is 46.6. The van der Waals surface area contributed by atoms with Crippen LogP contribution in [-0.4, -0.2) is 4.57 Å². The fourth-order valence-corrected chi connectivity index (χ4v) is 14.1. The lowest BCUT2D eigenvalue weighted by molar-refractivity contribution is 0.630. The van der Waals surface area contributed by atoms with Crippen LogP contribution in [-0.2, 0) is 5.41 Å². The van der Waals surface area contributed by atoms with Crippen LogP contribution in [0.4, 0.5) is 34.1 Å². The number of hydrogen-bond donors (Lipinski definition) is 0. The monoisotopic (exact) mass is 1070 g/mol. The molecule has 3 heteroatoms. The van der Waals surface area contributed by atoms with Gasteiger partial charge in [-0.1, -0.05) is 220 Å². The van der Waals surface area contributed by atoms with Gasteiger partial charge in [-0.25, -0.2) is 0 Å². The predicted molar refractivity (Wildman–Crippen MR) is 358 cm³/mol. The quantitative estimate of drug-likeness (QED) is 0.150. The zero-order valence-corrected chi connectivity index (χ0v) is 46.6. The van der Waals surface area contributed by atoms with Gasteiger partial charge in [-0.2, -0.15) is 0 Å². The van der Waals surface area contributed by atoms with Crippen molar-refractivity contribution in [3.63, 3.8) is 0 Å². The van der Waals surface area contributed by atoms with Gasteiger partial charge in [0.05, 0.1) is 28.1 Å². The Balaban J connectivity index is 0.861. The zero-order chi connectivity index (χ0) is 55.6. The second-order valence-corrected chi connectivity index (χ2v) is 23.3. The topological polar surface area (TPSA) is 11.4 Å². The summed E-state index contributed by atoms with van der Waals surface area (Å²) in [6.45, 7) is 4.83. The Morgan fingerprint density at radius 1 is 0.274 bits per heavy atom. The highest BCUT2D eigenvalue weighted by Gasteiger charge is 2.36. The molecule has 0 N–H and O–H groups in total. The lowest BCUT2D eigenvalue weighted by atomic mass is 9.74. The van der Waals surface area contributed by atoms with Gasteiger partial charge in [0.15, 0.2) is 0 Å². The van der Waals surface area contributed by atoms with Gasteiger partial charge in [0.25, 0.3) is 0 Å². The molecule has 1 aliphatic rings. The SMILES string of the molecule is CC1(C)c2ccccc2-n2c3ccc(-c4ccc(N(c5ccc6ccccc6c5)c5ccc6ccccc6c5)c5ccccc45)cc3c3cc(-c4ccc(N(c5ccc6ccccc6c5)c5ccc6ccccc6c5)c5ccccc45)cc1c32. The van der Waals surface area contributed by atoms with Crippen LogP contribution in [0.3, 0.4) is 0 Å². The van der Waals surface area contributed by atoms with E-state index in [9.17, 15) is 0 Å². The van der Waals surface area contributed by atoms with Crippen molar-refractivity contribution in [2.45, 2.75) is 19.3 Å². The van der Waals surface area contributed by atoms with Crippen LogP contribution in [0.25, 0.3) is 114 Å². The number of para-hydroxylation sites is 1. The van der Waals surface area contributed by atoms with Crippen LogP contribution in [0.2, 0.25) is 0 Å². The van der Waals surface area contributed by atoms with Gasteiger partial charge in [0, 0.05) is 49.7 Å². The molecular formula is C81H55N3. The maximum absolute atomic E-state index is 2.55. The molecule has 0 unspecified atom stereocenters. The molecule has 394 valence electrons. The van der Waals surface area contributed by atoms with E-state index in [0.29, 0.717) is 0 Å². The summed E-state index contributed by atoms with van der Waals surface area (Å²) in [7, 11) is 0. The van der Waals surface area contributed by atoms with E-state index >= 15 is 0 Å². The average Bonchev–Trinajstić information content (AvgIpc) is 2.36. The third-order valence-electron chi connectivity index (χ3n) is 18.2. The van der Waals surface area contributed by atoms with Gasteiger partial charge in [-0.15, -0.1) is 0 Å². The molecule has 0 atom stereocenters. The number of benzene rings is 15. The molecule has 3 nitrogen and oxygen atoms in total. The van der Waals surface area contributed by atoms with Gasteiger partial charge in [-0.3, -0.25) is 0 Å². The Hall–Kier alpha value is -10.7. The van der Waals surface area contributed by atoms with E-state index < -0.39 is 0 Å². The molecule has 0 saturated carbocycles.